The first kappa shape index (κ1) is 21.0. The Morgan fingerprint density at radius 2 is 1.93 bits per heavy atom. The van der Waals surface area contributed by atoms with E-state index in [4.69, 9.17) is 10.8 Å². The van der Waals surface area contributed by atoms with Gasteiger partial charge in [0.25, 0.3) is 5.91 Å². The Balaban J connectivity index is 1.80. The highest BCUT2D eigenvalue weighted by Crippen LogP contribution is 2.22. The summed E-state index contributed by atoms with van der Waals surface area (Å²) in [7, 11) is 0. The van der Waals surface area contributed by atoms with Gasteiger partial charge in [0.05, 0.1) is 12.1 Å². The monoisotopic (exact) mass is 409 g/mol. The Labute approximate surface area is 172 Å². The number of carboxylic acid groups (broad SMARTS) is 1. The van der Waals surface area contributed by atoms with Gasteiger partial charge in [0.15, 0.2) is 0 Å². The van der Waals surface area contributed by atoms with Crippen molar-refractivity contribution >= 4 is 23.4 Å². The van der Waals surface area contributed by atoms with Crippen LogP contribution in [-0.2, 0) is 16.1 Å². The van der Waals surface area contributed by atoms with Gasteiger partial charge in [0.2, 0.25) is 5.91 Å². The van der Waals surface area contributed by atoms with Crippen molar-refractivity contribution in [3.05, 3.63) is 59.9 Å². The van der Waals surface area contributed by atoms with Gasteiger partial charge in [-0.15, -0.1) is 0 Å². The Morgan fingerprint density at radius 1 is 1.10 bits per heavy atom. The van der Waals surface area contributed by atoms with Crippen molar-refractivity contribution in [2.75, 3.05) is 13.1 Å². The van der Waals surface area contributed by atoms with Gasteiger partial charge in [-0.05, 0) is 18.2 Å². The minimum absolute atomic E-state index is 0.0615. The number of carboxylic acids is 1. The number of pyridine rings is 1. The summed E-state index contributed by atoms with van der Waals surface area (Å²) < 4.78 is 1.86. The fourth-order valence-electron chi connectivity index (χ4n) is 2.97. The summed E-state index contributed by atoms with van der Waals surface area (Å²) in [5, 5.41) is 14.1. The van der Waals surface area contributed by atoms with Crippen LogP contribution in [-0.4, -0.2) is 45.4 Å². The van der Waals surface area contributed by atoms with E-state index < -0.39 is 5.97 Å². The second kappa shape index (κ2) is 9.66. The van der Waals surface area contributed by atoms with E-state index in [1.165, 1.54) is 0 Å². The van der Waals surface area contributed by atoms with Gasteiger partial charge in [0, 0.05) is 55.1 Å². The highest BCUT2D eigenvalue weighted by Gasteiger charge is 2.12. The van der Waals surface area contributed by atoms with E-state index in [1.54, 1.807) is 18.2 Å². The van der Waals surface area contributed by atoms with Crippen LogP contribution < -0.4 is 16.4 Å². The summed E-state index contributed by atoms with van der Waals surface area (Å²) in [6.07, 6.45) is 3.84. The first-order valence-corrected chi connectivity index (χ1v) is 9.51. The number of aromatic nitrogens is 2. The van der Waals surface area contributed by atoms with Crippen LogP contribution in [0.15, 0.2) is 48.8 Å². The van der Waals surface area contributed by atoms with E-state index in [-0.39, 0.29) is 31.2 Å². The van der Waals surface area contributed by atoms with E-state index in [2.05, 4.69) is 15.6 Å². The number of carbonyl (C=O) groups is 3. The molecule has 0 spiro atoms. The minimum atomic E-state index is -0.969. The number of amides is 2. The number of aliphatic carboxylic acids is 1. The van der Waals surface area contributed by atoms with Crippen molar-refractivity contribution in [2.24, 2.45) is 5.73 Å². The lowest BCUT2D eigenvalue weighted by Crippen LogP contribution is -2.25. The Bertz CT molecular complexity index is 1080. The number of carbonyl (C=O) groups excluding carboxylic acids is 2. The molecule has 2 heterocycles. The Morgan fingerprint density at radius 3 is 2.70 bits per heavy atom. The van der Waals surface area contributed by atoms with Gasteiger partial charge in [-0.2, -0.15) is 0 Å². The zero-order chi connectivity index (χ0) is 21.5. The summed E-state index contributed by atoms with van der Waals surface area (Å²) in [6, 6.07) is 10.7. The predicted octanol–water partition coefficient (Wildman–Crippen LogP) is 1.17. The van der Waals surface area contributed by atoms with Gasteiger partial charge in [0.1, 0.15) is 5.65 Å². The number of imidazole rings is 1. The van der Waals surface area contributed by atoms with Crippen LogP contribution in [0.2, 0.25) is 0 Å². The van der Waals surface area contributed by atoms with Crippen molar-refractivity contribution in [1.82, 2.24) is 20.0 Å². The van der Waals surface area contributed by atoms with E-state index >= 15 is 0 Å². The van der Waals surface area contributed by atoms with E-state index in [9.17, 15) is 14.4 Å². The smallest absolute Gasteiger partial charge is 0.305 e. The van der Waals surface area contributed by atoms with E-state index in [1.807, 2.05) is 35.0 Å². The van der Waals surface area contributed by atoms with Gasteiger partial charge < -0.3 is 25.9 Å². The third-order valence-electron chi connectivity index (χ3n) is 4.46. The van der Waals surface area contributed by atoms with Crippen LogP contribution in [0.4, 0.5) is 0 Å². The molecule has 0 unspecified atom stereocenters. The fourth-order valence-corrected chi connectivity index (χ4v) is 2.97. The first-order valence-electron chi connectivity index (χ1n) is 9.51. The highest BCUT2D eigenvalue weighted by molar-refractivity contribution is 5.95. The molecule has 1 aromatic carbocycles. The third kappa shape index (κ3) is 5.21. The minimum Gasteiger partial charge on any atom is -0.481 e. The molecule has 2 amide bonds. The molecule has 0 radical (unpaired) electrons. The van der Waals surface area contributed by atoms with Crippen LogP contribution in [0.5, 0.6) is 0 Å². The van der Waals surface area contributed by atoms with Crippen molar-refractivity contribution in [3.63, 3.8) is 0 Å². The number of nitrogens with zero attached hydrogens (tertiary/aromatic N) is 2. The summed E-state index contributed by atoms with van der Waals surface area (Å²) in [4.78, 5) is 39.2. The van der Waals surface area contributed by atoms with Gasteiger partial charge in [-0.1, -0.05) is 18.2 Å². The number of fused-ring (bicyclic) bond motifs is 1. The third-order valence-corrected chi connectivity index (χ3v) is 4.46. The molecule has 0 aliphatic heterocycles. The van der Waals surface area contributed by atoms with E-state index in [0.717, 1.165) is 11.1 Å². The topological polar surface area (TPSA) is 139 Å². The summed E-state index contributed by atoms with van der Waals surface area (Å²) in [5.74, 6) is -1.43. The molecule has 3 aromatic rings. The van der Waals surface area contributed by atoms with E-state index in [0.29, 0.717) is 30.0 Å². The van der Waals surface area contributed by atoms with Crippen LogP contribution in [0, 0.1) is 0 Å². The zero-order valence-corrected chi connectivity index (χ0v) is 16.3. The maximum atomic E-state index is 12.3. The van der Waals surface area contributed by atoms with Crippen molar-refractivity contribution in [3.8, 4) is 11.3 Å². The van der Waals surface area contributed by atoms with Crippen molar-refractivity contribution < 1.29 is 19.5 Å². The molecule has 30 heavy (non-hydrogen) atoms. The lowest BCUT2D eigenvalue weighted by molar-refractivity contribution is -0.136. The summed E-state index contributed by atoms with van der Waals surface area (Å²) in [6.45, 7) is 0.696. The number of rotatable bonds is 9. The van der Waals surface area contributed by atoms with Gasteiger partial charge in [-0.25, -0.2) is 4.98 Å². The second-order valence-electron chi connectivity index (χ2n) is 6.69. The zero-order valence-electron chi connectivity index (χ0n) is 16.3. The first-order chi connectivity index (χ1) is 14.5. The molecule has 0 saturated heterocycles. The SMILES string of the molecule is NCCC(=O)NCc1cccn2cc(-c3cccc(C(=O)NCCC(=O)O)c3)nc12. The lowest BCUT2D eigenvalue weighted by Gasteiger charge is -2.05. The molecule has 9 heteroatoms. The fraction of sp³-hybridized carbons (Fsp3) is 0.238. The largest absolute Gasteiger partial charge is 0.481 e. The van der Waals surface area contributed by atoms with Crippen LogP contribution in [0.25, 0.3) is 16.9 Å². The Kier molecular flexibility index (Phi) is 6.76. The molecule has 0 aliphatic carbocycles. The average molecular weight is 409 g/mol. The molecule has 156 valence electrons. The average Bonchev–Trinajstić information content (AvgIpc) is 3.17. The summed E-state index contributed by atoms with van der Waals surface area (Å²) >= 11 is 0. The maximum absolute atomic E-state index is 12.3. The predicted molar refractivity (Wildman–Crippen MR) is 111 cm³/mol. The Hall–Kier alpha value is -3.72. The number of hydrogen-bond acceptors (Lipinski definition) is 5. The molecule has 2 aromatic heterocycles. The quantitative estimate of drug-likeness (QED) is 0.418. The highest BCUT2D eigenvalue weighted by atomic mass is 16.4. The van der Waals surface area contributed by atoms with Crippen molar-refractivity contribution in [2.45, 2.75) is 19.4 Å². The standard InChI is InChI=1S/C21H23N5O4/c22-8-6-18(27)24-12-16-5-2-10-26-13-17(25-20(16)26)14-3-1-4-15(11-14)21(30)23-9-7-19(28)29/h1-5,10-11,13H,6-9,12,22H2,(H,23,30)(H,24,27)(H,28,29). The molecular weight excluding hydrogens is 386 g/mol. The second-order valence-corrected chi connectivity index (χ2v) is 6.69. The molecule has 5 N–H and O–H groups in total. The molecule has 0 atom stereocenters. The van der Waals surface area contributed by atoms with Crippen LogP contribution in [0.1, 0.15) is 28.8 Å². The maximum Gasteiger partial charge on any atom is 0.305 e. The lowest BCUT2D eigenvalue weighted by atomic mass is 10.1. The molecule has 0 fully saturated rings. The molecular formula is C21H23N5O4. The normalized spacial score (nSPS) is 10.7. The van der Waals surface area contributed by atoms with Crippen LogP contribution >= 0.6 is 0 Å². The molecule has 0 saturated carbocycles. The molecule has 3 rings (SSSR count). The number of nitrogens with one attached hydrogen (secondary N) is 2. The molecule has 0 aliphatic rings. The number of hydrogen-bond donors (Lipinski definition) is 4. The summed E-state index contributed by atoms with van der Waals surface area (Å²) in [5.41, 5.74) is 8.81. The number of benzene rings is 1. The number of nitrogens with two attached hydrogens (primary N) is 1. The van der Waals surface area contributed by atoms with Gasteiger partial charge in [-0.3, -0.25) is 14.4 Å². The van der Waals surface area contributed by atoms with Crippen LogP contribution in [0.3, 0.4) is 0 Å². The van der Waals surface area contributed by atoms with Gasteiger partial charge >= 0.3 is 5.97 Å². The van der Waals surface area contributed by atoms with Crippen molar-refractivity contribution in [1.29, 1.82) is 0 Å². The molecule has 0 bridgehead atoms. The molecule has 9 nitrogen and oxygen atoms in total.